The van der Waals surface area contributed by atoms with Gasteiger partial charge in [0.15, 0.2) is 0 Å². The molecule has 120 valence electrons. The van der Waals surface area contributed by atoms with Gasteiger partial charge in [-0.1, -0.05) is 24.3 Å². The molecule has 1 aromatic carbocycles. The summed E-state index contributed by atoms with van der Waals surface area (Å²) in [5.41, 5.74) is 1.61. The van der Waals surface area contributed by atoms with Crippen molar-refractivity contribution in [3.8, 4) is 5.75 Å². The molecule has 5 heteroatoms. The van der Waals surface area contributed by atoms with Crippen LogP contribution in [0.25, 0.3) is 0 Å². The largest absolute Gasteiger partial charge is 0.496 e. The van der Waals surface area contributed by atoms with Crippen molar-refractivity contribution < 1.29 is 9.53 Å². The summed E-state index contributed by atoms with van der Waals surface area (Å²) in [4.78, 5) is 18.6. The molecule has 0 aliphatic carbocycles. The van der Waals surface area contributed by atoms with Crippen LogP contribution in [-0.2, 0) is 0 Å². The van der Waals surface area contributed by atoms with Crippen LogP contribution in [0.4, 0.5) is 5.82 Å². The number of nitrogens with one attached hydrogen (secondary N) is 1. The number of ether oxygens (including phenoxy) is 1. The summed E-state index contributed by atoms with van der Waals surface area (Å²) < 4.78 is 5.51. The zero-order valence-electron chi connectivity index (χ0n) is 13.5. The predicted octanol–water partition coefficient (Wildman–Crippen LogP) is 2.79. The summed E-state index contributed by atoms with van der Waals surface area (Å²) in [5, 5.41) is 2.62. The first-order valence-electron chi connectivity index (χ1n) is 7.83. The highest BCUT2D eigenvalue weighted by Gasteiger charge is 2.29. The van der Waals surface area contributed by atoms with Crippen molar-refractivity contribution in [2.45, 2.75) is 18.9 Å². The first-order valence-corrected chi connectivity index (χ1v) is 7.83. The summed E-state index contributed by atoms with van der Waals surface area (Å²) >= 11 is 0. The molecule has 1 aliphatic rings. The van der Waals surface area contributed by atoms with Crippen LogP contribution in [0.3, 0.4) is 0 Å². The molecular weight excluding hydrogens is 290 g/mol. The highest BCUT2D eigenvalue weighted by Crippen LogP contribution is 2.39. The third kappa shape index (κ3) is 2.99. The molecule has 5 nitrogen and oxygen atoms in total. The highest BCUT2D eigenvalue weighted by atomic mass is 16.5. The lowest BCUT2D eigenvalue weighted by molar-refractivity contribution is 0.0958. The summed E-state index contributed by atoms with van der Waals surface area (Å²) in [6.07, 6.45) is 2.14. The minimum absolute atomic E-state index is 0.167. The molecule has 0 saturated carbocycles. The van der Waals surface area contributed by atoms with Gasteiger partial charge in [0.25, 0.3) is 5.91 Å². The molecule has 2 heterocycles. The predicted molar refractivity (Wildman–Crippen MR) is 89.9 cm³/mol. The van der Waals surface area contributed by atoms with E-state index in [1.54, 1.807) is 20.2 Å². The molecule has 1 amide bonds. The number of hydrogen-bond acceptors (Lipinski definition) is 4. The van der Waals surface area contributed by atoms with Crippen molar-refractivity contribution in [2.75, 3.05) is 25.6 Å². The van der Waals surface area contributed by atoms with Crippen LogP contribution >= 0.6 is 0 Å². The van der Waals surface area contributed by atoms with E-state index in [1.165, 1.54) is 5.56 Å². The molecule has 0 bridgehead atoms. The Balaban J connectivity index is 1.94. The molecule has 1 aromatic heterocycles. The standard InChI is InChI=1S/C18H21N3O2/c1-19-18(22)14-8-5-11-17(20-14)21-12-6-9-15(21)13-7-3-4-10-16(13)23-2/h3-5,7-8,10-11,15H,6,9,12H2,1-2H3,(H,19,22)/t15-/m0/s1. The van der Waals surface area contributed by atoms with E-state index in [0.717, 1.165) is 31.0 Å². The number of carbonyl (C=O) groups is 1. The van der Waals surface area contributed by atoms with Gasteiger partial charge in [0.2, 0.25) is 0 Å². The number of methoxy groups -OCH3 is 1. The molecule has 2 aromatic rings. The van der Waals surface area contributed by atoms with Gasteiger partial charge in [-0.2, -0.15) is 0 Å². The number of carbonyl (C=O) groups excluding carboxylic acids is 1. The molecule has 3 rings (SSSR count). The monoisotopic (exact) mass is 311 g/mol. The maximum Gasteiger partial charge on any atom is 0.269 e. The lowest BCUT2D eigenvalue weighted by Crippen LogP contribution is -2.26. The van der Waals surface area contributed by atoms with E-state index in [4.69, 9.17) is 4.74 Å². The average molecular weight is 311 g/mol. The molecular formula is C18H21N3O2. The van der Waals surface area contributed by atoms with E-state index in [1.807, 2.05) is 30.3 Å². The molecule has 1 N–H and O–H groups in total. The molecule has 1 saturated heterocycles. The zero-order valence-corrected chi connectivity index (χ0v) is 13.5. The quantitative estimate of drug-likeness (QED) is 0.943. The van der Waals surface area contributed by atoms with Crippen LogP contribution in [0.5, 0.6) is 5.75 Å². The van der Waals surface area contributed by atoms with E-state index in [0.29, 0.717) is 5.69 Å². The van der Waals surface area contributed by atoms with Crippen molar-refractivity contribution in [1.82, 2.24) is 10.3 Å². The fourth-order valence-electron chi connectivity index (χ4n) is 3.14. The topological polar surface area (TPSA) is 54.5 Å². The van der Waals surface area contributed by atoms with Gasteiger partial charge in [0.1, 0.15) is 17.3 Å². The number of rotatable bonds is 4. The number of benzene rings is 1. The summed E-state index contributed by atoms with van der Waals surface area (Å²) in [7, 11) is 3.31. The Labute approximate surface area is 136 Å². The minimum Gasteiger partial charge on any atom is -0.496 e. The van der Waals surface area contributed by atoms with Gasteiger partial charge in [0, 0.05) is 19.2 Å². The first-order chi connectivity index (χ1) is 11.2. The van der Waals surface area contributed by atoms with Crippen molar-refractivity contribution >= 4 is 11.7 Å². The van der Waals surface area contributed by atoms with Gasteiger partial charge < -0.3 is 15.0 Å². The number of hydrogen-bond donors (Lipinski definition) is 1. The fourth-order valence-corrected chi connectivity index (χ4v) is 3.14. The lowest BCUT2D eigenvalue weighted by Gasteiger charge is -2.27. The van der Waals surface area contributed by atoms with Crippen molar-refractivity contribution in [2.24, 2.45) is 0 Å². The minimum atomic E-state index is -0.167. The summed E-state index contributed by atoms with van der Waals surface area (Å²) in [6.45, 7) is 0.924. The molecule has 1 atom stereocenters. The van der Waals surface area contributed by atoms with Crippen molar-refractivity contribution in [1.29, 1.82) is 0 Å². The smallest absolute Gasteiger partial charge is 0.269 e. The van der Waals surface area contributed by atoms with Gasteiger partial charge >= 0.3 is 0 Å². The Kier molecular flexibility index (Phi) is 4.46. The number of para-hydroxylation sites is 1. The van der Waals surface area contributed by atoms with Crippen molar-refractivity contribution in [3.05, 3.63) is 53.7 Å². The van der Waals surface area contributed by atoms with Crippen LogP contribution in [0, 0.1) is 0 Å². The van der Waals surface area contributed by atoms with E-state index in [2.05, 4.69) is 21.3 Å². The van der Waals surface area contributed by atoms with Gasteiger partial charge in [0.05, 0.1) is 13.2 Å². The molecule has 1 aliphatic heterocycles. The molecule has 0 unspecified atom stereocenters. The van der Waals surface area contributed by atoms with E-state index in [9.17, 15) is 4.79 Å². The third-order valence-corrected chi connectivity index (χ3v) is 4.24. The Morgan fingerprint density at radius 3 is 2.87 bits per heavy atom. The Bertz CT molecular complexity index is 702. The van der Waals surface area contributed by atoms with Crippen LogP contribution in [0.1, 0.15) is 34.9 Å². The SMILES string of the molecule is CNC(=O)c1cccc(N2CCC[C@H]2c2ccccc2OC)n1. The first kappa shape index (κ1) is 15.3. The second-order valence-corrected chi connectivity index (χ2v) is 5.55. The Hall–Kier alpha value is -2.56. The second-order valence-electron chi connectivity index (χ2n) is 5.55. The average Bonchev–Trinajstić information content (AvgIpc) is 3.10. The van der Waals surface area contributed by atoms with Crippen LogP contribution < -0.4 is 15.0 Å². The van der Waals surface area contributed by atoms with E-state index < -0.39 is 0 Å². The molecule has 1 fully saturated rings. The molecule has 0 radical (unpaired) electrons. The zero-order chi connectivity index (χ0) is 16.2. The maximum atomic E-state index is 11.8. The summed E-state index contributed by atoms with van der Waals surface area (Å²) in [5.74, 6) is 1.56. The fraction of sp³-hybridized carbons (Fsp3) is 0.333. The van der Waals surface area contributed by atoms with Gasteiger partial charge in [-0.3, -0.25) is 4.79 Å². The van der Waals surface area contributed by atoms with Gasteiger partial charge in [-0.05, 0) is 31.0 Å². The number of pyridine rings is 1. The second kappa shape index (κ2) is 6.69. The Morgan fingerprint density at radius 2 is 2.09 bits per heavy atom. The van der Waals surface area contributed by atoms with Gasteiger partial charge in [-0.15, -0.1) is 0 Å². The number of aromatic nitrogens is 1. The normalized spacial score (nSPS) is 17.1. The van der Waals surface area contributed by atoms with E-state index in [-0.39, 0.29) is 11.9 Å². The Morgan fingerprint density at radius 1 is 1.26 bits per heavy atom. The van der Waals surface area contributed by atoms with Crippen LogP contribution in [0.15, 0.2) is 42.5 Å². The highest BCUT2D eigenvalue weighted by molar-refractivity contribution is 5.92. The molecule has 23 heavy (non-hydrogen) atoms. The van der Waals surface area contributed by atoms with Gasteiger partial charge in [-0.25, -0.2) is 4.98 Å². The number of anilines is 1. The maximum absolute atomic E-state index is 11.8. The van der Waals surface area contributed by atoms with Crippen LogP contribution in [0.2, 0.25) is 0 Å². The number of nitrogens with zero attached hydrogens (tertiary/aromatic N) is 2. The van der Waals surface area contributed by atoms with Crippen LogP contribution in [-0.4, -0.2) is 31.6 Å². The molecule has 0 spiro atoms. The summed E-state index contributed by atoms with van der Waals surface area (Å²) in [6, 6.07) is 13.9. The van der Waals surface area contributed by atoms with Crippen molar-refractivity contribution in [3.63, 3.8) is 0 Å². The number of amides is 1. The van der Waals surface area contributed by atoms with E-state index >= 15 is 0 Å². The lowest BCUT2D eigenvalue weighted by atomic mass is 10.0. The third-order valence-electron chi connectivity index (χ3n) is 4.24.